The van der Waals surface area contributed by atoms with Crippen LogP contribution in [0.15, 0.2) is 12.7 Å². The van der Waals surface area contributed by atoms with Gasteiger partial charge in [-0.2, -0.15) is 0 Å². The highest BCUT2D eigenvalue weighted by Crippen LogP contribution is 2.65. The van der Waals surface area contributed by atoms with E-state index in [4.69, 9.17) is 10.5 Å². The first-order valence-electron chi connectivity index (χ1n) is 13.4. The molecule has 5 amide bonds. The first-order chi connectivity index (χ1) is 18.2. The highest BCUT2D eigenvalue weighted by molar-refractivity contribution is 6.37. The van der Waals surface area contributed by atoms with Gasteiger partial charge < -0.3 is 31.3 Å². The summed E-state index contributed by atoms with van der Waals surface area (Å²) in [5.41, 5.74) is 3.41. The number of hydrogen-bond acceptors (Lipinski definition) is 7. The maximum atomic E-state index is 14.0. The van der Waals surface area contributed by atoms with Crippen LogP contribution in [0.1, 0.15) is 62.3 Å². The number of primary amides is 1. The number of nitrogens with one attached hydrogen (secondary N) is 3. The van der Waals surface area contributed by atoms with Crippen molar-refractivity contribution in [1.82, 2.24) is 20.9 Å². The van der Waals surface area contributed by atoms with E-state index >= 15 is 0 Å². The molecule has 1 unspecified atom stereocenters. The molecule has 12 heteroatoms. The average molecular weight is 564 g/mol. The van der Waals surface area contributed by atoms with Crippen molar-refractivity contribution in [2.75, 3.05) is 13.2 Å². The number of ether oxygens (including phenoxy) is 1. The molecule has 1 heterocycles. The Hall–Kier alpha value is -3.44. The minimum Gasteiger partial charge on any atom is -0.460 e. The molecule has 0 radical (unpaired) electrons. The van der Waals surface area contributed by atoms with Gasteiger partial charge >= 0.3 is 12.0 Å². The molecule has 1 saturated heterocycles. The summed E-state index contributed by atoms with van der Waals surface area (Å²) < 4.78 is 5.15. The van der Waals surface area contributed by atoms with Crippen molar-refractivity contribution in [3.63, 3.8) is 0 Å². The standard InChI is InChI=1S/C28H45N5O7/c1-11-12-40-24(38)20(27(6,7)8)32-25(39)31-19(26(3,4)5)23(37)33-13-15-16(28(15,9)10)17(33)22(36)30-14(2)18(34)21(29)35/h11,14-17,19-20H,1,12-13H2,2-10H3,(H2,29,35)(H,30,36)(H2,31,32,39)/t14?,15-,16-,17-,19+,20+/m0/s1. The molecular weight excluding hydrogens is 518 g/mol. The number of nitrogens with two attached hydrogens (primary N) is 1. The monoisotopic (exact) mass is 563 g/mol. The summed E-state index contributed by atoms with van der Waals surface area (Å²) in [5, 5.41) is 7.88. The first kappa shape index (κ1) is 32.8. The Morgan fingerprint density at radius 3 is 2.00 bits per heavy atom. The number of ketones is 1. The summed E-state index contributed by atoms with van der Waals surface area (Å²) in [7, 11) is 0. The highest BCUT2D eigenvalue weighted by Gasteiger charge is 2.69. The fourth-order valence-corrected chi connectivity index (χ4v) is 5.36. The lowest BCUT2D eigenvalue weighted by Gasteiger charge is -2.38. The Labute approximate surface area is 236 Å². The van der Waals surface area contributed by atoms with Crippen LogP contribution in [0.2, 0.25) is 0 Å². The van der Waals surface area contributed by atoms with Crippen molar-refractivity contribution >= 4 is 35.5 Å². The minimum atomic E-state index is -1.17. The predicted molar refractivity (Wildman–Crippen MR) is 147 cm³/mol. The van der Waals surface area contributed by atoms with Crippen LogP contribution in [0.4, 0.5) is 4.79 Å². The van der Waals surface area contributed by atoms with Crippen LogP contribution < -0.4 is 21.7 Å². The topological polar surface area (TPSA) is 177 Å². The van der Waals surface area contributed by atoms with Crippen molar-refractivity contribution in [2.24, 2.45) is 33.8 Å². The summed E-state index contributed by atoms with van der Waals surface area (Å²) >= 11 is 0. The molecule has 2 rings (SSSR count). The van der Waals surface area contributed by atoms with Gasteiger partial charge in [0.25, 0.3) is 5.91 Å². The Kier molecular flexibility index (Phi) is 9.49. The number of likely N-dealkylation sites (tertiary alicyclic amines) is 1. The fraction of sp³-hybridized carbons (Fsp3) is 0.714. The molecule has 1 aliphatic heterocycles. The van der Waals surface area contributed by atoms with Gasteiger partial charge in [0.1, 0.15) is 24.7 Å². The lowest BCUT2D eigenvalue weighted by molar-refractivity contribution is -0.147. The second-order valence-electron chi connectivity index (χ2n) is 13.5. The van der Waals surface area contributed by atoms with E-state index in [2.05, 4.69) is 22.5 Å². The normalized spacial score (nSPS) is 23.5. The molecule has 6 atom stereocenters. The van der Waals surface area contributed by atoms with Crippen LogP contribution in [0, 0.1) is 28.1 Å². The van der Waals surface area contributed by atoms with Crippen LogP contribution in [-0.2, 0) is 28.7 Å². The summed E-state index contributed by atoms with van der Waals surface area (Å²) in [6.07, 6.45) is 1.42. The van der Waals surface area contributed by atoms with Crippen molar-refractivity contribution in [1.29, 1.82) is 0 Å². The second-order valence-corrected chi connectivity index (χ2v) is 13.5. The van der Waals surface area contributed by atoms with Gasteiger partial charge in [0, 0.05) is 6.54 Å². The first-order valence-corrected chi connectivity index (χ1v) is 13.4. The maximum Gasteiger partial charge on any atom is 0.329 e. The zero-order valence-electron chi connectivity index (χ0n) is 25.0. The van der Waals surface area contributed by atoms with Crippen molar-refractivity contribution < 1.29 is 33.5 Å². The lowest BCUT2D eigenvalue weighted by atomic mass is 9.85. The molecule has 40 heavy (non-hydrogen) atoms. The number of fused-ring (bicyclic) bond motifs is 1. The van der Waals surface area contributed by atoms with E-state index in [1.54, 1.807) is 41.5 Å². The molecule has 12 nitrogen and oxygen atoms in total. The molecule has 2 fully saturated rings. The largest absolute Gasteiger partial charge is 0.460 e. The van der Waals surface area contributed by atoms with Gasteiger partial charge in [-0.3, -0.25) is 19.2 Å². The quantitative estimate of drug-likeness (QED) is 0.173. The zero-order valence-corrected chi connectivity index (χ0v) is 25.0. The molecule has 5 N–H and O–H groups in total. The molecule has 0 bridgehead atoms. The van der Waals surface area contributed by atoms with E-state index < -0.39 is 70.5 Å². The van der Waals surface area contributed by atoms with Gasteiger partial charge in [-0.15, -0.1) is 0 Å². The van der Waals surface area contributed by atoms with Crippen molar-refractivity contribution in [3.05, 3.63) is 12.7 Å². The number of piperidine rings is 1. The Morgan fingerprint density at radius 2 is 1.52 bits per heavy atom. The number of rotatable bonds is 10. The van der Waals surface area contributed by atoms with Gasteiger partial charge in [-0.25, -0.2) is 9.59 Å². The van der Waals surface area contributed by atoms with Gasteiger partial charge in [0.2, 0.25) is 17.6 Å². The van der Waals surface area contributed by atoms with Crippen LogP contribution in [0.25, 0.3) is 0 Å². The van der Waals surface area contributed by atoms with E-state index in [1.807, 2.05) is 13.8 Å². The van der Waals surface area contributed by atoms with Crippen molar-refractivity contribution in [3.8, 4) is 0 Å². The van der Waals surface area contributed by atoms with E-state index in [9.17, 15) is 28.8 Å². The summed E-state index contributed by atoms with van der Waals surface area (Å²) in [4.78, 5) is 77.8. The van der Waals surface area contributed by atoms with E-state index in [1.165, 1.54) is 17.9 Å². The van der Waals surface area contributed by atoms with Gasteiger partial charge in [-0.1, -0.05) is 68.0 Å². The number of carbonyl (C=O) groups is 6. The smallest absolute Gasteiger partial charge is 0.329 e. The number of hydrogen-bond donors (Lipinski definition) is 4. The SMILES string of the molecule is C=CCOC(=O)[C@@H](NC(=O)N[C@H](C(=O)N1C[C@H]2[C@@H]([C@H]1C(=O)NC(C)C(=O)C(N)=O)C2(C)C)C(C)(C)C)C(C)(C)C. The van der Waals surface area contributed by atoms with Gasteiger partial charge in [0.05, 0.1) is 6.04 Å². The molecule has 0 aromatic rings. The lowest BCUT2D eigenvalue weighted by Crippen LogP contribution is -2.62. The Bertz CT molecular complexity index is 1070. The third kappa shape index (κ3) is 7.00. The second kappa shape index (κ2) is 11.6. The van der Waals surface area contributed by atoms with E-state index in [-0.39, 0.29) is 23.9 Å². The Balaban J connectivity index is 2.29. The van der Waals surface area contributed by atoms with Gasteiger partial charge in [0.15, 0.2) is 0 Å². The molecule has 1 saturated carbocycles. The van der Waals surface area contributed by atoms with E-state index in [0.717, 1.165) is 0 Å². The maximum absolute atomic E-state index is 14.0. The fourth-order valence-electron chi connectivity index (χ4n) is 5.36. The number of amides is 5. The molecule has 0 spiro atoms. The highest BCUT2D eigenvalue weighted by atomic mass is 16.5. The van der Waals surface area contributed by atoms with Crippen LogP contribution in [0.3, 0.4) is 0 Å². The molecule has 2 aliphatic rings. The molecule has 1 aliphatic carbocycles. The number of urea groups is 1. The summed E-state index contributed by atoms with van der Waals surface area (Å²) in [5.74, 6) is -3.90. The van der Waals surface area contributed by atoms with E-state index in [0.29, 0.717) is 6.54 Å². The average Bonchev–Trinajstić information content (AvgIpc) is 3.15. The number of Topliss-reactive ketones (excluding diaryl/α,β-unsaturated/α-hetero) is 1. The molecule has 0 aromatic carbocycles. The Morgan fingerprint density at radius 1 is 1.00 bits per heavy atom. The molecular formula is C28H45N5O7. The number of carbonyl (C=O) groups excluding carboxylic acids is 6. The van der Waals surface area contributed by atoms with Gasteiger partial charge in [-0.05, 0) is 35.0 Å². The predicted octanol–water partition coefficient (Wildman–Crippen LogP) is 0.886. The molecule has 224 valence electrons. The van der Waals surface area contributed by atoms with Crippen LogP contribution in [-0.4, -0.2) is 77.7 Å². The number of nitrogens with zero attached hydrogens (tertiary/aromatic N) is 1. The van der Waals surface area contributed by atoms with Crippen molar-refractivity contribution in [2.45, 2.75) is 86.5 Å². The summed E-state index contributed by atoms with van der Waals surface area (Å²) in [6.45, 7) is 19.8. The van der Waals surface area contributed by atoms with Crippen LogP contribution >= 0.6 is 0 Å². The minimum absolute atomic E-state index is 0.0153. The third-order valence-corrected chi connectivity index (χ3v) is 7.86. The summed E-state index contributed by atoms with van der Waals surface area (Å²) in [6, 6.07) is -4.86. The molecule has 0 aromatic heterocycles. The number of esters is 1. The van der Waals surface area contributed by atoms with Crippen LogP contribution in [0.5, 0.6) is 0 Å². The third-order valence-electron chi connectivity index (χ3n) is 7.86. The zero-order chi connectivity index (χ0) is 31.0.